The Kier molecular flexibility index (Phi) is 5.01. The van der Waals surface area contributed by atoms with Crippen molar-refractivity contribution in [2.45, 2.75) is 38.0 Å². The quantitative estimate of drug-likeness (QED) is 0.873. The number of hydrogen-bond acceptors (Lipinski definition) is 3. The van der Waals surface area contributed by atoms with E-state index in [1.54, 1.807) is 17.3 Å². The van der Waals surface area contributed by atoms with Crippen LogP contribution in [-0.2, 0) is 6.54 Å². The maximum absolute atomic E-state index is 12.6. The zero-order valence-corrected chi connectivity index (χ0v) is 13.8. The molecule has 0 spiro atoms. The number of halogens is 3. The van der Waals surface area contributed by atoms with Crippen LogP contribution in [0, 0.1) is 0 Å². The number of piperidine rings is 1. The normalized spacial score (nSPS) is 18.0. The molecule has 0 unspecified atom stereocenters. The van der Waals surface area contributed by atoms with Gasteiger partial charge in [0, 0.05) is 24.5 Å². The number of nitrogens with one attached hydrogen (secondary N) is 2. The fourth-order valence-corrected chi connectivity index (χ4v) is 3.10. The first kappa shape index (κ1) is 18.0. The molecule has 3 heterocycles. The molecule has 1 fully saturated rings. The summed E-state index contributed by atoms with van der Waals surface area (Å²) in [6, 6.07) is 1.89. The molecule has 1 saturated heterocycles. The maximum atomic E-state index is 12.6. The Morgan fingerprint density at radius 2 is 2.19 bits per heavy atom. The maximum Gasteiger partial charge on any atom is 0.406 e. The number of carbonyl (C=O) groups is 1. The number of likely N-dealkylation sites (tertiary alicyclic amines) is 1. The highest BCUT2D eigenvalue weighted by atomic mass is 19.4. The van der Waals surface area contributed by atoms with Gasteiger partial charge < -0.3 is 14.8 Å². The Morgan fingerprint density at radius 1 is 1.38 bits per heavy atom. The standard InChI is InChI=1S/C16H18F3N5O2/c17-16(18,19)10-23-6-3-4-12(14(23)25)22-15(26)24-7-2-1-5-13(24)11-8-20-21-9-11/h3-4,6,8-9,13H,1-2,5,7,10H2,(H,20,21)(H,22,26)/t13-/m0/s1. The Hall–Kier alpha value is -2.78. The number of carbonyl (C=O) groups excluding carboxylic acids is 1. The highest BCUT2D eigenvalue weighted by Crippen LogP contribution is 2.30. The third-order valence-electron chi connectivity index (χ3n) is 4.28. The van der Waals surface area contributed by atoms with Gasteiger partial charge in [0.25, 0.3) is 5.56 Å². The van der Waals surface area contributed by atoms with Crippen molar-refractivity contribution in [1.82, 2.24) is 19.7 Å². The highest BCUT2D eigenvalue weighted by molar-refractivity contribution is 5.89. The molecule has 7 nitrogen and oxygen atoms in total. The molecule has 2 N–H and O–H groups in total. The van der Waals surface area contributed by atoms with Crippen LogP contribution in [0.1, 0.15) is 30.9 Å². The van der Waals surface area contributed by atoms with E-state index in [9.17, 15) is 22.8 Å². The second-order valence-electron chi connectivity index (χ2n) is 6.14. The molecule has 0 aliphatic carbocycles. The lowest BCUT2D eigenvalue weighted by molar-refractivity contribution is -0.141. The summed E-state index contributed by atoms with van der Waals surface area (Å²) in [4.78, 5) is 26.4. The molecular weight excluding hydrogens is 351 g/mol. The van der Waals surface area contributed by atoms with Crippen molar-refractivity contribution in [2.24, 2.45) is 0 Å². The van der Waals surface area contributed by atoms with Gasteiger partial charge in [-0.1, -0.05) is 0 Å². The van der Waals surface area contributed by atoms with Crippen LogP contribution in [0.3, 0.4) is 0 Å². The Balaban J connectivity index is 1.79. The average Bonchev–Trinajstić information content (AvgIpc) is 3.11. The van der Waals surface area contributed by atoms with E-state index in [0.29, 0.717) is 11.1 Å². The van der Waals surface area contributed by atoms with Crippen LogP contribution in [-0.4, -0.2) is 38.4 Å². The first-order valence-electron chi connectivity index (χ1n) is 8.17. The number of rotatable bonds is 3. The first-order valence-corrected chi connectivity index (χ1v) is 8.17. The number of urea groups is 1. The minimum absolute atomic E-state index is 0.182. The molecule has 1 aliphatic heterocycles. The number of aromatic nitrogens is 3. The summed E-state index contributed by atoms with van der Waals surface area (Å²) in [5, 5.41) is 9.05. The number of anilines is 1. The SMILES string of the molecule is O=C(Nc1cccn(CC(F)(F)F)c1=O)N1CCCC[C@H]1c1cn[nH]c1. The lowest BCUT2D eigenvalue weighted by atomic mass is 9.98. The Bertz CT molecular complexity index is 816. The lowest BCUT2D eigenvalue weighted by Gasteiger charge is -2.35. The van der Waals surface area contributed by atoms with Crippen LogP contribution >= 0.6 is 0 Å². The molecule has 26 heavy (non-hydrogen) atoms. The van der Waals surface area contributed by atoms with Crippen LogP contribution in [0.2, 0.25) is 0 Å². The molecule has 140 valence electrons. The third kappa shape index (κ3) is 4.06. The van der Waals surface area contributed by atoms with Gasteiger partial charge in [0.2, 0.25) is 0 Å². The number of alkyl halides is 3. The van der Waals surface area contributed by atoms with Crippen molar-refractivity contribution >= 4 is 11.7 Å². The zero-order chi connectivity index (χ0) is 18.7. The predicted molar refractivity (Wildman–Crippen MR) is 87.7 cm³/mol. The molecule has 0 radical (unpaired) electrons. The van der Waals surface area contributed by atoms with E-state index in [2.05, 4.69) is 15.5 Å². The molecule has 1 atom stereocenters. The number of nitrogens with zero attached hydrogens (tertiary/aromatic N) is 3. The smallest absolute Gasteiger partial charge is 0.317 e. The van der Waals surface area contributed by atoms with E-state index < -0.39 is 24.3 Å². The van der Waals surface area contributed by atoms with Gasteiger partial charge >= 0.3 is 12.2 Å². The van der Waals surface area contributed by atoms with Gasteiger partial charge in [-0.15, -0.1) is 0 Å². The van der Waals surface area contributed by atoms with Crippen LogP contribution in [0.15, 0.2) is 35.5 Å². The first-order chi connectivity index (χ1) is 12.3. The summed E-state index contributed by atoms with van der Waals surface area (Å²) in [6.07, 6.45) is 2.37. The van der Waals surface area contributed by atoms with Crippen molar-refractivity contribution in [3.05, 3.63) is 46.6 Å². The minimum atomic E-state index is -4.52. The van der Waals surface area contributed by atoms with Gasteiger partial charge in [0.1, 0.15) is 12.2 Å². The Labute approximate surface area is 146 Å². The fourth-order valence-electron chi connectivity index (χ4n) is 3.10. The number of amides is 2. The van der Waals surface area contributed by atoms with Crippen molar-refractivity contribution in [3.8, 4) is 0 Å². The molecular formula is C16H18F3N5O2. The number of aromatic amines is 1. The van der Waals surface area contributed by atoms with Crippen LogP contribution in [0.4, 0.5) is 23.7 Å². The van der Waals surface area contributed by atoms with E-state index in [4.69, 9.17) is 0 Å². The largest absolute Gasteiger partial charge is 0.406 e. The summed E-state index contributed by atoms with van der Waals surface area (Å²) >= 11 is 0. The van der Waals surface area contributed by atoms with Gasteiger partial charge in [-0.2, -0.15) is 18.3 Å². The number of hydrogen-bond donors (Lipinski definition) is 2. The molecule has 2 amide bonds. The zero-order valence-electron chi connectivity index (χ0n) is 13.8. The van der Waals surface area contributed by atoms with Crippen LogP contribution in [0.25, 0.3) is 0 Å². The monoisotopic (exact) mass is 369 g/mol. The predicted octanol–water partition coefficient (Wildman–Crippen LogP) is 2.89. The number of pyridine rings is 1. The average molecular weight is 369 g/mol. The van der Waals surface area contributed by atoms with E-state index in [0.717, 1.165) is 31.0 Å². The number of H-pyrrole nitrogens is 1. The molecule has 0 bridgehead atoms. The summed E-state index contributed by atoms with van der Waals surface area (Å²) in [5.74, 6) is 0. The summed E-state index contributed by atoms with van der Waals surface area (Å²) in [7, 11) is 0. The highest BCUT2D eigenvalue weighted by Gasteiger charge is 2.30. The van der Waals surface area contributed by atoms with Gasteiger partial charge in [0.05, 0.1) is 12.2 Å². The molecule has 3 rings (SSSR count). The van der Waals surface area contributed by atoms with E-state index in [1.807, 2.05) is 0 Å². The summed E-state index contributed by atoms with van der Waals surface area (Å²) in [5.41, 5.74) is -0.226. The third-order valence-corrected chi connectivity index (χ3v) is 4.28. The Morgan fingerprint density at radius 3 is 2.88 bits per heavy atom. The topological polar surface area (TPSA) is 83.0 Å². The van der Waals surface area contributed by atoms with Gasteiger partial charge in [-0.05, 0) is 31.4 Å². The van der Waals surface area contributed by atoms with Gasteiger partial charge in [0.15, 0.2) is 0 Å². The second-order valence-corrected chi connectivity index (χ2v) is 6.14. The summed E-state index contributed by atoms with van der Waals surface area (Å²) < 4.78 is 38.2. The van der Waals surface area contributed by atoms with Crippen LogP contribution < -0.4 is 10.9 Å². The minimum Gasteiger partial charge on any atom is -0.317 e. The molecule has 0 aromatic carbocycles. The van der Waals surface area contributed by atoms with Crippen molar-refractivity contribution < 1.29 is 18.0 Å². The van der Waals surface area contributed by atoms with Crippen molar-refractivity contribution in [2.75, 3.05) is 11.9 Å². The van der Waals surface area contributed by atoms with Gasteiger partial charge in [-0.3, -0.25) is 9.89 Å². The summed E-state index contributed by atoms with van der Waals surface area (Å²) in [6.45, 7) is -0.915. The van der Waals surface area contributed by atoms with Crippen molar-refractivity contribution in [1.29, 1.82) is 0 Å². The second kappa shape index (κ2) is 7.22. The molecule has 2 aromatic rings. The molecule has 1 aliphatic rings. The van der Waals surface area contributed by atoms with E-state index in [1.165, 1.54) is 12.1 Å². The van der Waals surface area contributed by atoms with Crippen LogP contribution in [0.5, 0.6) is 0 Å². The fraction of sp³-hybridized carbons (Fsp3) is 0.438. The molecule has 2 aromatic heterocycles. The lowest BCUT2D eigenvalue weighted by Crippen LogP contribution is -2.42. The van der Waals surface area contributed by atoms with E-state index in [-0.39, 0.29) is 11.7 Å². The van der Waals surface area contributed by atoms with Gasteiger partial charge in [-0.25, -0.2) is 4.79 Å². The molecule has 0 saturated carbocycles. The molecule has 10 heteroatoms. The van der Waals surface area contributed by atoms with Crippen molar-refractivity contribution in [3.63, 3.8) is 0 Å². The van der Waals surface area contributed by atoms with E-state index >= 15 is 0 Å².